The van der Waals surface area contributed by atoms with Crippen LogP contribution in [0.5, 0.6) is 0 Å². The van der Waals surface area contributed by atoms with Crippen LogP contribution in [-0.4, -0.2) is 21.8 Å². The Morgan fingerprint density at radius 1 is 1.29 bits per heavy atom. The van der Waals surface area contributed by atoms with Crippen molar-refractivity contribution < 1.29 is 0 Å². The number of hydrogen-bond donors (Lipinski definition) is 1. The van der Waals surface area contributed by atoms with Crippen molar-refractivity contribution in [3.05, 3.63) is 48.0 Å². The standard InChI is InChI=1S/C13H18N4/c1-3-8-17-10-12(9-16-17)13(14-2)11-4-6-15-7-5-11/h4-7,9-10,13-14H,3,8H2,1-2H3. The van der Waals surface area contributed by atoms with E-state index in [1.165, 1.54) is 11.1 Å². The number of pyridine rings is 1. The molecule has 0 amide bonds. The van der Waals surface area contributed by atoms with Gasteiger partial charge in [0.25, 0.3) is 0 Å². The summed E-state index contributed by atoms with van der Waals surface area (Å²) in [6.45, 7) is 3.12. The summed E-state index contributed by atoms with van der Waals surface area (Å²) in [5, 5.41) is 7.67. The van der Waals surface area contributed by atoms with Gasteiger partial charge in [0, 0.05) is 30.7 Å². The Balaban J connectivity index is 2.23. The second-order valence-electron chi connectivity index (χ2n) is 4.04. The SMILES string of the molecule is CCCn1cc(C(NC)c2ccncc2)cn1. The molecule has 0 fully saturated rings. The highest BCUT2D eigenvalue weighted by Gasteiger charge is 2.13. The van der Waals surface area contributed by atoms with Gasteiger partial charge in [0.1, 0.15) is 0 Å². The topological polar surface area (TPSA) is 42.7 Å². The first-order valence-electron chi connectivity index (χ1n) is 5.94. The molecule has 2 heterocycles. The molecule has 0 bridgehead atoms. The van der Waals surface area contributed by atoms with E-state index in [1.807, 2.05) is 42.5 Å². The lowest BCUT2D eigenvalue weighted by atomic mass is 10.0. The lowest BCUT2D eigenvalue weighted by Crippen LogP contribution is -2.17. The van der Waals surface area contributed by atoms with E-state index in [4.69, 9.17) is 0 Å². The van der Waals surface area contributed by atoms with Crippen LogP contribution < -0.4 is 5.32 Å². The highest BCUT2D eigenvalue weighted by Crippen LogP contribution is 2.20. The third kappa shape index (κ3) is 2.71. The van der Waals surface area contributed by atoms with Crippen LogP contribution in [0.25, 0.3) is 0 Å². The van der Waals surface area contributed by atoms with Crippen LogP contribution in [0.1, 0.15) is 30.5 Å². The van der Waals surface area contributed by atoms with Crippen molar-refractivity contribution in [3.8, 4) is 0 Å². The summed E-state index contributed by atoms with van der Waals surface area (Å²) in [5.74, 6) is 0. The number of aromatic nitrogens is 3. The fraction of sp³-hybridized carbons (Fsp3) is 0.385. The number of nitrogens with zero attached hydrogens (tertiary/aromatic N) is 3. The van der Waals surface area contributed by atoms with Crippen molar-refractivity contribution >= 4 is 0 Å². The van der Waals surface area contributed by atoms with Gasteiger partial charge in [0.2, 0.25) is 0 Å². The van der Waals surface area contributed by atoms with Gasteiger partial charge in [-0.05, 0) is 31.2 Å². The molecule has 4 heteroatoms. The maximum atomic E-state index is 4.36. The molecule has 90 valence electrons. The van der Waals surface area contributed by atoms with Crippen molar-refractivity contribution in [3.63, 3.8) is 0 Å². The summed E-state index contributed by atoms with van der Waals surface area (Å²) in [4.78, 5) is 4.04. The monoisotopic (exact) mass is 230 g/mol. The molecular weight excluding hydrogens is 212 g/mol. The minimum atomic E-state index is 0.184. The van der Waals surface area contributed by atoms with Gasteiger partial charge < -0.3 is 5.32 Å². The van der Waals surface area contributed by atoms with E-state index in [2.05, 4.69) is 28.5 Å². The summed E-state index contributed by atoms with van der Waals surface area (Å²) in [6.07, 6.45) is 8.76. The van der Waals surface area contributed by atoms with Gasteiger partial charge in [-0.25, -0.2) is 0 Å². The van der Waals surface area contributed by atoms with E-state index in [1.54, 1.807) is 0 Å². The second kappa shape index (κ2) is 5.59. The van der Waals surface area contributed by atoms with Crippen LogP contribution in [-0.2, 0) is 6.54 Å². The fourth-order valence-corrected chi connectivity index (χ4v) is 1.96. The number of hydrogen-bond acceptors (Lipinski definition) is 3. The van der Waals surface area contributed by atoms with E-state index >= 15 is 0 Å². The van der Waals surface area contributed by atoms with Gasteiger partial charge in [-0.15, -0.1) is 0 Å². The van der Waals surface area contributed by atoms with E-state index in [0.717, 1.165) is 13.0 Å². The van der Waals surface area contributed by atoms with Crippen LogP contribution in [0.3, 0.4) is 0 Å². The van der Waals surface area contributed by atoms with Crippen LogP contribution in [0, 0.1) is 0 Å². The normalized spacial score (nSPS) is 12.6. The molecule has 0 aromatic carbocycles. The molecule has 0 radical (unpaired) electrons. The summed E-state index contributed by atoms with van der Waals surface area (Å²) >= 11 is 0. The zero-order valence-corrected chi connectivity index (χ0v) is 10.3. The minimum absolute atomic E-state index is 0.184. The van der Waals surface area contributed by atoms with Gasteiger partial charge in [0.05, 0.1) is 12.2 Å². The molecule has 0 saturated carbocycles. The Hall–Kier alpha value is -1.68. The lowest BCUT2D eigenvalue weighted by Gasteiger charge is -2.14. The molecule has 0 aliphatic carbocycles. The third-order valence-electron chi connectivity index (χ3n) is 2.77. The van der Waals surface area contributed by atoms with Crippen molar-refractivity contribution in [2.45, 2.75) is 25.9 Å². The molecule has 0 saturated heterocycles. The van der Waals surface area contributed by atoms with Crippen molar-refractivity contribution in [2.24, 2.45) is 0 Å². The largest absolute Gasteiger partial charge is 0.309 e. The van der Waals surface area contributed by atoms with E-state index in [9.17, 15) is 0 Å². The smallest absolute Gasteiger partial charge is 0.0606 e. The highest BCUT2D eigenvalue weighted by atomic mass is 15.3. The van der Waals surface area contributed by atoms with Crippen LogP contribution in [0.2, 0.25) is 0 Å². The molecule has 1 N–H and O–H groups in total. The molecule has 2 aromatic heterocycles. The van der Waals surface area contributed by atoms with Gasteiger partial charge >= 0.3 is 0 Å². The molecule has 2 rings (SSSR count). The van der Waals surface area contributed by atoms with E-state index < -0.39 is 0 Å². The Morgan fingerprint density at radius 2 is 2.06 bits per heavy atom. The Morgan fingerprint density at radius 3 is 2.71 bits per heavy atom. The maximum Gasteiger partial charge on any atom is 0.0606 e. The Bertz CT molecular complexity index is 449. The molecule has 4 nitrogen and oxygen atoms in total. The van der Waals surface area contributed by atoms with Gasteiger partial charge in [-0.2, -0.15) is 5.10 Å². The molecular formula is C13H18N4. The predicted molar refractivity (Wildman–Crippen MR) is 67.7 cm³/mol. The molecule has 0 aliphatic heterocycles. The Kier molecular flexibility index (Phi) is 3.88. The van der Waals surface area contributed by atoms with Crippen molar-refractivity contribution in [2.75, 3.05) is 7.05 Å². The molecule has 0 aliphatic rings. The average molecular weight is 230 g/mol. The average Bonchev–Trinajstić information content (AvgIpc) is 2.81. The summed E-state index contributed by atoms with van der Waals surface area (Å²) < 4.78 is 1.99. The Labute approximate surface area is 102 Å². The van der Waals surface area contributed by atoms with E-state index in [-0.39, 0.29) is 6.04 Å². The lowest BCUT2D eigenvalue weighted by molar-refractivity contribution is 0.600. The number of rotatable bonds is 5. The second-order valence-corrected chi connectivity index (χ2v) is 4.04. The summed E-state index contributed by atoms with van der Waals surface area (Å²) in [6, 6.07) is 4.24. The molecule has 17 heavy (non-hydrogen) atoms. The van der Waals surface area contributed by atoms with Crippen LogP contribution in [0.15, 0.2) is 36.9 Å². The van der Waals surface area contributed by atoms with Crippen LogP contribution in [0.4, 0.5) is 0 Å². The predicted octanol–water partition coefficient (Wildman–Crippen LogP) is 2.00. The zero-order chi connectivity index (χ0) is 12.1. The fourth-order valence-electron chi connectivity index (χ4n) is 1.96. The zero-order valence-electron chi connectivity index (χ0n) is 10.3. The van der Waals surface area contributed by atoms with Gasteiger partial charge in [-0.3, -0.25) is 9.67 Å². The maximum absolute atomic E-state index is 4.36. The third-order valence-corrected chi connectivity index (χ3v) is 2.77. The van der Waals surface area contributed by atoms with Gasteiger partial charge in [0.15, 0.2) is 0 Å². The molecule has 2 aromatic rings. The van der Waals surface area contributed by atoms with Crippen molar-refractivity contribution in [1.82, 2.24) is 20.1 Å². The van der Waals surface area contributed by atoms with Gasteiger partial charge in [-0.1, -0.05) is 6.92 Å². The minimum Gasteiger partial charge on any atom is -0.309 e. The molecule has 0 spiro atoms. The quantitative estimate of drug-likeness (QED) is 0.854. The first kappa shape index (κ1) is 11.8. The number of nitrogens with one attached hydrogen (secondary N) is 1. The summed E-state index contributed by atoms with van der Waals surface area (Å²) in [7, 11) is 1.96. The highest BCUT2D eigenvalue weighted by molar-refractivity contribution is 5.27. The first-order valence-corrected chi connectivity index (χ1v) is 5.94. The van der Waals surface area contributed by atoms with Crippen LogP contribution >= 0.6 is 0 Å². The molecule has 1 atom stereocenters. The first-order chi connectivity index (χ1) is 8.35. The number of aryl methyl sites for hydroxylation is 1. The molecule has 1 unspecified atom stereocenters. The van der Waals surface area contributed by atoms with E-state index in [0.29, 0.717) is 0 Å². The summed E-state index contributed by atoms with van der Waals surface area (Å²) in [5.41, 5.74) is 2.39. The van der Waals surface area contributed by atoms with Crippen molar-refractivity contribution in [1.29, 1.82) is 0 Å².